The van der Waals surface area contributed by atoms with Crippen LogP contribution in [0.3, 0.4) is 0 Å². The number of aromatic nitrogens is 2. The maximum absolute atomic E-state index is 5.60. The number of fused-ring (bicyclic) bond motifs is 1. The molecule has 0 fully saturated rings. The van der Waals surface area contributed by atoms with Gasteiger partial charge in [-0.25, -0.2) is 4.98 Å². The number of nitrogens with one attached hydrogen (secondary N) is 1. The van der Waals surface area contributed by atoms with Crippen molar-refractivity contribution >= 4 is 27.0 Å². The van der Waals surface area contributed by atoms with E-state index in [2.05, 4.69) is 32.5 Å². The van der Waals surface area contributed by atoms with Gasteiger partial charge in [-0.3, -0.25) is 0 Å². The highest BCUT2D eigenvalue weighted by molar-refractivity contribution is 9.10. The summed E-state index contributed by atoms with van der Waals surface area (Å²) >= 11 is 3.57. The minimum Gasteiger partial charge on any atom is -0.493 e. The maximum Gasteiger partial charge on any atom is 0.162 e. The molecule has 1 aromatic heterocycles. The molecule has 0 saturated heterocycles. The predicted octanol–water partition coefficient (Wildman–Crippen LogP) is 4.57. The minimum absolute atomic E-state index is 0.423. The lowest BCUT2D eigenvalue weighted by molar-refractivity contribution is 0.326. The van der Waals surface area contributed by atoms with Crippen LogP contribution in [0.2, 0.25) is 0 Å². The smallest absolute Gasteiger partial charge is 0.162 e. The Hall–Kier alpha value is -2.27. The zero-order valence-electron chi connectivity index (χ0n) is 12.1. The molecule has 2 aromatic carbocycles. The summed E-state index contributed by atoms with van der Waals surface area (Å²) in [5.41, 5.74) is 2.84. The average Bonchev–Trinajstić information content (AvgIpc) is 2.96. The normalized spacial score (nSPS) is 10.6. The van der Waals surface area contributed by atoms with E-state index in [1.54, 1.807) is 13.2 Å². The van der Waals surface area contributed by atoms with E-state index in [-0.39, 0.29) is 0 Å². The van der Waals surface area contributed by atoms with Crippen molar-refractivity contribution in [2.75, 3.05) is 13.7 Å². The van der Waals surface area contributed by atoms with Gasteiger partial charge in [-0.2, -0.15) is 0 Å². The molecule has 0 saturated carbocycles. The summed E-state index contributed by atoms with van der Waals surface area (Å²) in [6.45, 7) is 4.07. The van der Waals surface area contributed by atoms with Gasteiger partial charge < -0.3 is 14.5 Å². The summed E-state index contributed by atoms with van der Waals surface area (Å²) in [5.74, 6) is 2.09. The Morgan fingerprint density at radius 3 is 2.82 bits per heavy atom. The van der Waals surface area contributed by atoms with Gasteiger partial charge in [0.25, 0.3) is 0 Å². The first-order valence-corrected chi connectivity index (χ1v) is 7.58. The molecule has 112 valence electrons. The van der Waals surface area contributed by atoms with Gasteiger partial charge in [0.15, 0.2) is 11.5 Å². The first-order chi connectivity index (χ1) is 10.7. The molecule has 0 radical (unpaired) electrons. The summed E-state index contributed by atoms with van der Waals surface area (Å²) in [6.07, 6.45) is 1.69. The molecule has 1 N–H and O–H groups in total. The highest BCUT2D eigenvalue weighted by Crippen LogP contribution is 2.38. The molecule has 0 amide bonds. The molecule has 0 aliphatic carbocycles. The van der Waals surface area contributed by atoms with Crippen LogP contribution in [0.25, 0.3) is 22.4 Å². The summed E-state index contributed by atoms with van der Waals surface area (Å²) < 4.78 is 11.9. The van der Waals surface area contributed by atoms with Crippen molar-refractivity contribution in [3.8, 4) is 22.9 Å². The van der Waals surface area contributed by atoms with Crippen LogP contribution in [0.5, 0.6) is 11.5 Å². The Bertz CT molecular complexity index is 794. The lowest BCUT2D eigenvalue weighted by atomic mass is 10.2. The van der Waals surface area contributed by atoms with Crippen molar-refractivity contribution in [1.82, 2.24) is 9.97 Å². The van der Waals surface area contributed by atoms with Gasteiger partial charge >= 0.3 is 0 Å². The van der Waals surface area contributed by atoms with Crippen LogP contribution in [-0.4, -0.2) is 23.7 Å². The number of aromatic amines is 1. The van der Waals surface area contributed by atoms with E-state index in [0.29, 0.717) is 18.1 Å². The molecule has 0 atom stereocenters. The number of hydrogen-bond acceptors (Lipinski definition) is 3. The van der Waals surface area contributed by atoms with Crippen LogP contribution in [0.4, 0.5) is 0 Å². The number of para-hydroxylation sites is 2. The monoisotopic (exact) mass is 358 g/mol. The zero-order chi connectivity index (χ0) is 15.5. The van der Waals surface area contributed by atoms with E-state index in [1.165, 1.54) is 0 Å². The Morgan fingerprint density at radius 2 is 2.09 bits per heavy atom. The predicted molar refractivity (Wildman–Crippen MR) is 91.5 cm³/mol. The van der Waals surface area contributed by atoms with Crippen molar-refractivity contribution < 1.29 is 9.47 Å². The largest absolute Gasteiger partial charge is 0.493 e. The van der Waals surface area contributed by atoms with Crippen LogP contribution in [0.1, 0.15) is 0 Å². The van der Waals surface area contributed by atoms with E-state index >= 15 is 0 Å². The molecule has 4 nitrogen and oxygen atoms in total. The van der Waals surface area contributed by atoms with Crippen molar-refractivity contribution in [2.24, 2.45) is 0 Å². The molecule has 3 aromatic rings. The van der Waals surface area contributed by atoms with E-state index in [9.17, 15) is 0 Å². The van der Waals surface area contributed by atoms with Crippen LogP contribution in [-0.2, 0) is 0 Å². The Morgan fingerprint density at radius 1 is 1.27 bits per heavy atom. The van der Waals surface area contributed by atoms with Crippen molar-refractivity contribution in [2.45, 2.75) is 0 Å². The zero-order valence-corrected chi connectivity index (χ0v) is 13.7. The molecule has 3 rings (SSSR count). The van der Waals surface area contributed by atoms with Crippen LogP contribution in [0.15, 0.2) is 53.5 Å². The molecule has 0 bridgehead atoms. The minimum atomic E-state index is 0.423. The Balaban J connectivity index is 2.08. The number of H-pyrrole nitrogens is 1. The van der Waals surface area contributed by atoms with Crippen LogP contribution >= 0.6 is 15.9 Å². The molecule has 0 aliphatic rings. The fourth-order valence-electron chi connectivity index (χ4n) is 2.22. The lowest BCUT2D eigenvalue weighted by Crippen LogP contribution is -1.97. The SMILES string of the molecule is C=CCOc1cc(Br)c(-c2nc3ccccc3[nH]2)cc1OC. The second-order valence-electron chi connectivity index (χ2n) is 4.69. The van der Waals surface area contributed by atoms with Crippen LogP contribution < -0.4 is 9.47 Å². The average molecular weight is 359 g/mol. The maximum atomic E-state index is 5.60. The first-order valence-electron chi connectivity index (χ1n) is 6.79. The van der Waals surface area contributed by atoms with Gasteiger partial charge in [0.2, 0.25) is 0 Å². The third-order valence-electron chi connectivity index (χ3n) is 3.25. The standard InChI is InChI=1S/C17H15BrN2O2/c1-3-8-22-16-10-12(18)11(9-15(16)21-2)17-19-13-6-4-5-7-14(13)20-17/h3-7,9-10H,1,8H2,2H3,(H,19,20). The second-order valence-corrected chi connectivity index (χ2v) is 5.54. The molecule has 5 heteroatoms. The summed E-state index contributed by atoms with van der Waals surface area (Å²) in [4.78, 5) is 7.93. The van der Waals surface area contributed by atoms with E-state index in [4.69, 9.17) is 9.47 Å². The Kier molecular flexibility index (Phi) is 4.15. The van der Waals surface area contributed by atoms with Crippen molar-refractivity contribution in [3.63, 3.8) is 0 Å². The fraction of sp³-hybridized carbons (Fsp3) is 0.118. The van der Waals surface area contributed by atoms with E-state index in [0.717, 1.165) is 26.9 Å². The van der Waals surface area contributed by atoms with Gasteiger partial charge in [0, 0.05) is 10.0 Å². The fourth-order valence-corrected chi connectivity index (χ4v) is 2.73. The molecule has 22 heavy (non-hydrogen) atoms. The van der Waals surface area contributed by atoms with E-state index < -0.39 is 0 Å². The number of hydrogen-bond donors (Lipinski definition) is 1. The number of rotatable bonds is 5. The van der Waals surface area contributed by atoms with Crippen LogP contribution in [0, 0.1) is 0 Å². The summed E-state index contributed by atoms with van der Waals surface area (Å²) in [5, 5.41) is 0. The van der Waals surface area contributed by atoms with Crippen molar-refractivity contribution in [3.05, 3.63) is 53.5 Å². The number of halogens is 1. The van der Waals surface area contributed by atoms with Gasteiger partial charge in [-0.15, -0.1) is 0 Å². The third-order valence-corrected chi connectivity index (χ3v) is 3.91. The number of methoxy groups -OCH3 is 1. The molecule has 1 heterocycles. The number of benzene rings is 2. The number of imidazole rings is 1. The second kappa shape index (κ2) is 6.23. The topological polar surface area (TPSA) is 47.1 Å². The number of nitrogens with zero attached hydrogens (tertiary/aromatic N) is 1. The van der Waals surface area contributed by atoms with Gasteiger partial charge in [-0.05, 0) is 40.2 Å². The van der Waals surface area contributed by atoms with Gasteiger partial charge in [0.1, 0.15) is 12.4 Å². The highest BCUT2D eigenvalue weighted by Gasteiger charge is 2.14. The highest BCUT2D eigenvalue weighted by atomic mass is 79.9. The summed E-state index contributed by atoms with van der Waals surface area (Å²) in [7, 11) is 1.62. The summed E-state index contributed by atoms with van der Waals surface area (Å²) in [6, 6.07) is 11.7. The molecule has 0 aliphatic heterocycles. The molecular formula is C17H15BrN2O2. The van der Waals surface area contributed by atoms with Gasteiger partial charge in [-0.1, -0.05) is 24.8 Å². The van der Waals surface area contributed by atoms with Gasteiger partial charge in [0.05, 0.1) is 18.1 Å². The lowest BCUT2D eigenvalue weighted by Gasteiger charge is -2.12. The number of ether oxygens (including phenoxy) is 2. The van der Waals surface area contributed by atoms with E-state index in [1.807, 2.05) is 36.4 Å². The first kappa shape index (κ1) is 14.7. The Labute approximate surface area is 136 Å². The molecular weight excluding hydrogens is 344 g/mol. The van der Waals surface area contributed by atoms with Crippen molar-refractivity contribution in [1.29, 1.82) is 0 Å². The third kappa shape index (κ3) is 2.72. The quantitative estimate of drug-likeness (QED) is 0.679. The molecule has 0 unspecified atom stereocenters. The molecule has 0 spiro atoms.